The summed E-state index contributed by atoms with van der Waals surface area (Å²) in [7, 11) is 0. The maximum absolute atomic E-state index is 11.1. The Morgan fingerprint density at radius 1 is 1.25 bits per heavy atom. The van der Waals surface area contributed by atoms with Gasteiger partial charge >= 0.3 is 12.0 Å². The molecule has 0 bridgehead atoms. The molecule has 0 rings (SSSR count). The van der Waals surface area contributed by atoms with E-state index in [0.717, 1.165) is 18.9 Å². The molecule has 2 N–H and O–H groups in total. The molecule has 0 fully saturated rings. The average Bonchev–Trinajstić information content (AvgIpc) is 2.28. The van der Waals surface area contributed by atoms with Crippen LogP contribution in [0.1, 0.15) is 26.2 Å². The van der Waals surface area contributed by atoms with Crippen LogP contribution >= 0.6 is 0 Å². The van der Waals surface area contributed by atoms with E-state index >= 15 is 0 Å². The van der Waals surface area contributed by atoms with Gasteiger partial charge in [0.25, 0.3) is 0 Å². The molecule has 0 aliphatic heterocycles. The molecule has 0 aromatic heterocycles. The molecule has 0 aliphatic carbocycles. The number of hydrogen-bond acceptors (Lipinski definition) is 3. The van der Waals surface area contributed by atoms with Crippen LogP contribution in [0.15, 0.2) is 12.7 Å². The van der Waals surface area contributed by atoms with E-state index in [1.54, 1.807) is 0 Å². The minimum Gasteiger partial charge on any atom is -0.462 e. The van der Waals surface area contributed by atoms with E-state index in [9.17, 15) is 9.59 Å². The predicted octanol–water partition coefficient (Wildman–Crippen LogP) is 1.20. The lowest BCUT2D eigenvalue weighted by molar-refractivity contribution is -0.137. The second-order valence-electron chi connectivity index (χ2n) is 3.26. The fraction of sp³-hybridized carbons (Fsp3) is 0.636. The van der Waals surface area contributed by atoms with Crippen molar-refractivity contribution in [1.29, 1.82) is 0 Å². The van der Waals surface area contributed by atoms with E-state index in [2.05, 4.69) is 24.1 Å². The number of unbranched alkanes of at least 4 members (excludes halogenated alkanes) is 1. The van der Waals surface area contributed by atoms with Gasteiger partial charge in [-0.15, -0.1) is 0 Å². The first-order valence-corrected chi connectivity index (χ1v) is 5.51. The number of esters is 1. The minimum atomic E-state index is -0.438. The van der Waals surface area contributed by atoms with Crippen molar-refractivity contribution < 1.29 is 14.3 Å². The lowest BCUT2D eigenvalue weighted by Crippen LogP contribution is -2.36. The third kappa shape index (κ3) is 9.05. The Bertz CT molecular complexity index is 229. The highest BCUT2D eigenvalue weighted by molar-refractivity contribution is 5.81. The molecule has 0 saturated heterocycles. The second-order valence-corrected chi connectivity index (χ2v) is 3.26. The highest BCUT2D eigenvalue weighted by Gasteiger charge is 1.98. The maximum atomic E-state index is 11.1. The monoisotopic (exact) mass is 228 g/mol. The van der Waals surface area contributed by atoms with Crippen LogP contribution in [0.3, 0.4) is 0 Å². The van der Waals surface area contributed by atoms with Gasteiger partial charge in [0.1, 0.15) is 0 Å². The van der Waals surface area contributed by atoms with Crippen LogP contribution in [0, 0.1) is 0 Å². The van der Waals surface area contributed by atoms with Gasteiger partial charge in [0.05, 0.1) is 6.61 Å². The van der Waals surface area contributed by atoms with E-state index in [0.29, 0.717) is 26.1 Å². The number of ether oxygens (including phenoxy) is 1. The van der Waals surface area contributed by atoms with Crippen LogP contribution in [0.25, 0.3) is 0 Å². The number of carbonyl (C=O) groups is 2. The Morgan fingerprint density at radius 3 is 2.44 bits per heavy atom. The second kappa shape index (κ2) is 10.0. The fourth-order valence-corrected chi connectivity index (χ4v) is 0.947. The summed E-state index contributed by atoms with van der Waals surface area (Å²) in [6.07, 6.45) is 3.74. The standard InChI is InChI=1S/C11H20N2O3/c1-3-5-7-12-11(15)13-8-6-9-16-10(14)4-2/h4H,2-3,5-9H2,1H3,(H2,12,13,15). The van der Waals surface area contributed by atoms with E-state index < -0.39 is 5.97 Å². The zero-order valence-corrected chi connectivity index (χ0v) is 9.75. The van der Waals surface area contributed by atoms with Gasteiger partial charge < -0.3 is 15.4 Å². The number of rotatable bonds is 8. The van der Waals surface area contributed by atoms with Gasteiger partial charge in [0, 0.05) is 19.2 Å². The first-order chi connectivity index (χ1) is 7.70. The molecule has 16 heavy (non-hydrogen) atoms. The first-order valence-electron chi connectivity index (χ1n) is 5.51. The summed E-state index contributed by atoms with van der Waals surface area (Å²) in [5, 5.41) is 5.39. The Morgan fingerprint density at radius 2 is 1.88 bits per heavy atom. The van der Waals surface area contributed by atoms with Crippen molar-refractivity contribution in [3.05, 3.63) is 12.7 Å². The highest BCUT2D eigenvalue weighted by atomic mass is 16.5. The van der Waals surface area contributed by atoms with Gasteiger partial charge in [-0.1, -0.05) is 19.9 Å². The molecule has 0 unspecified atom stereocenters. The third-order valence-electron chi connectivity index (χ3n) is 1.83. The van der Waals surface area contributed by atoms with Gasteiger partial charge in [-0.05, 0) is 12.8 Å². The summed E-state index contributed by atoms with van der Waals surface area (Å²) in [4.78, 5) is 21.8. The number of amides is 2. The van der Waals surface area contributed by atoms with Gasteiger partial charge in [0.2, 0.25) is 0 Å². The number of hydrogen-bond donors (Lipinski definition) is 2. The predicted molar refractivity (Wildman–Crippen MR) is 62.1 cm³/mol. The van der Waals surface area contributed by atoms with Crippen molar-refractivity contribution in [2.45, 2.75) is 26.2 Å². The Balaban J connectivity index is 3.27. The fourth-order valence-electron chi connectivity index (χ4n) is 0.947. The quantitative estimate of drug-likeness (QED) is 0.373. The molecule has 0 heterocycles. The summed E-state index contributed by atoms with van der Waals surface area (Å²) < 4.78 is 4.74. The smallest absolute Gasteiger partial charge is 0.330 e. The van der Waals surface area contributed by atoms with Gasteiger partial charge in [-0.25, -0.2) is 9.59 Å². The Hall–Kier alpha value is -1.52. The topological polar surface area (TPSA) is 67.4 Å². The zero-order chi connectivity index (χ0) is 12.2. The molecule has 0 aromatic carbocycles. The van der Waals surface area contributed by atoms with Crippen LogP contribution in [0.4, 0.5) is 4.79 Å². The van der Waals surface area contributed by atoms with E-state index in [4.69, 9.17) is 4.74 Å². The van der Waals surface area contributed by atoms with E-state index in [1.807, 2.05) is 0 Å². The van der Waals surface area contributed by atoms with Crippen LogP contribution in [0.2, 0.25) is 0 Å². The largest absolute Gasteiger partial charge is 0.462 e. The lowest BCUT2D eigenvalue weighted by atomic mass is 10.3. The molecule has 0 atom stereocenters. The first kappa shape index (κ1) is 14.5. The van der Waals surface area contributed by atoms with Gasteiger partial charge in [-0.3, -0.25) is 0 Å². The van der Waals surface area contributed by atoms with Crippen LogP contribution in [-0.2, 0) is 9.53 Å². The molecule has 5 heteroatoms. The Labute approximate surface area is 96.2 Å². The molecule has 0 aromatic rings. The number of nitrogens with one attached hydrogen (secondary N) is 2. The molecule has 0 radical (unpaired) electrons. The van der Waals surface area contributed by atoms with Crippen LogP contribution in [-0.4, -0.2) is 31.7 Å². The van der Waals surface area contributed by atoms with Crippen LogP contribution < -0.4 is 10.6 Å². The molecule has 0 spiro atoms. The molecule has 2 amide bonds. The SMILES string of the molecule is C=CC(=O)OCCCNC(=O)NCCCC. The van der Waals surface area contributed by atoms with E-state index in [1.165, 1.54) is 0 Å². The van der Waals surface area contributed by atoms with Gasteiger partial charge in [0.15, 0.2) is 0 Å². The number of urea groups is 1. The summed E-state index contributed by atoms with van der Waals surface area (Å²) >= 11 is 0. The number of carbonyl (C=O) groups excluding carboxylic acids is 2. The van der Waals surface area contributed by atoms with Crippen LogP contribution in [0.5, 0.6) is 0 Å². The summed E-state index contributed by atoms with van der Waals surface area (Å²) in [6.45, 7) is 6.81. The lowest BCUT2D eigenvalue weighted by Gasteiger charge is -2.06. The highest BCUT2D eigenvalue weighted by Crippen LogP contribution is 1.84. The van der Waals surface area contributed by atoms with E-state index in [-0.39, 0.29) is 6.03 Å². The van der Waals surface area contributed by atoms with Gasteiger partial charge in [-0.2, -0.15) is 0 Å². The molecule has 0 aliphatic rings. The normalized spacial score (nSPS) is 9.31. The summed E-state index contributed by atoms with van der Waals surface area (Å²) in [5.74, 6) is -0.438. The van der Waals surface area contributed by atoms with Crippen molar-refractivity contribution in [3.63, 3.8) is 0 Å². The zero-order valence-electron chi connectivity index (χ0n) is 9.75. The molecule has 5 nitrogen and oxygen atoms in total. The Kier molecular flexibility index (Phi) is 9.06. The van der Waals surface area contributed by atoms with Crippen molar-refractivity contribution in [2.75, 3.05) is 19.7 Å². The van der Waals surface area contributed by atoms with Crippen molar-refractivity contribution in [2.24, 2.45) is 0 Å². The summed E-state index contributed by atoms with van der Waals surface area (Å²) in [5.41, 5.74) is 0. The van der Waals surface area contributed by atoms with Crippen molar-refractivity contribution in [3.8, 4) is 0 Å². The van der Waals surface area contributed by atoms with Crippen molar-refractivity contribution in [1.82, 2.24) is 10.6 Å². The van der Waals surface area contributed by atoms with Crippen molar-refractivity contribution >= 4 is 12.0 Å². The summed E-state index contributed by atoms with van der Waals surface area (Å²) in [6, 6.07) is -0.177. The molecular weight excluding hydrogens is 208 g/mol. The third-order valence-corrected chi connectivity index (χ3v) is 1.83. The molecule has 0 saturated carbocycles. The molecule has 92 valence electrons. The molecular formula is C11H20N2O3. The average molecular weight is 228 g/mol. The minimum absolute atomic E-state index is 0.177. The maximum Gasteiger partial charge on any atom is 0.330 e.